The molecule has 0 rings (SSSR count). The lowest BCUT2D eigenvalue weighted by Crippen LogP contribution is -3.00. The molecule has 0 aliphatic heterocycles. The minimum atomic E-state index is -7.98. The predicted octanol–water partition coefficient (Wildman–Crippen LogP) is 0.464. The van der Waals surface area contributed by atoms with Crippen molar-refractivity contribution in [2.75, 3.05) is 20.1 Å². The van der Waals surface area contributed by atoms with Gasteiger partial charge in [-0.1, -0.05) is 0 Å². The molecule has 1 atom stereocenters. The van der Waals surface area contributed by atoms with Gasteiger partial charge in [-0.05, 0) is 6.92 Å². The van der Waals surface area contributed by atoms with E-state index < -0.39 is 59.8 Å². The molecular formula is C11H13F13INO2. The average molecular weight is 565 g/mol. The molecule has 3 nitrogen and oxygen atoms in total. The first-order valence-electron chi connectivity index (χ1n) is 6.64. The summed E-state index contributed by atoms with van der Waals surface area (Å²) in [5.74, 6) is -31.2. The van der Waals surface area contributed by atoms with Crippen LogP contribution in [0.5, 0.6) is 0 Å². The van der Waals surface area contributed by atoms with Crippen molar-refractivity contribution in [3.63, 3.8) is 0 Å². The topological polar surface area (TPSA) is 40.5 Å². The maximum atomic E-state index is 14.0. The Kier molecular flexibility index (Phi) is 8.63. The van der Waals surface area contributed by atoms with Gasteiger partial charge in [0.25, 0.3) is 0 Å². The highest BCUT2D eigenvalue weighted by Crippen LogP contribution is 2.61. The molecule has 0 aromatic carbocycles. The molecule has 0 bridgehead atoms. The Hall–Kier alpha value is -0.300. The number of hydrogen-bond donors (Lipinski definition) is 2. The zero-order chi connectivity index (χ0) is 22.5. The number of hydrogen-bond acceptors (Lipinski definition) is 2. The van der Waals surface area contributed by atoms with E-state index in [1.807, 2.05) is 0 Å². The van der Waals surface area contributed by atoms with E-state index in [1.165, 1.54) is 0 Å². The number of quaternary nitrogens is 1. The molecule has 0 heterocycles. The van der Waals surface area contributed by atoms with Gasteiger partial charge >= 0.3 is 35.9 Å². The van der Waals surface area contributed by atoms with Crippen LogP contribution in [0, 0.1) is 0 Å². The third-order valence-corrected chi connectivity index (χ3v) is 3.86. The van der Waals surface area contributed by atoms with Gasteiger partial charge < -0.3 is 34.2 Å². The van der Waals surface area contributed by atoms with E-state index in [-0.39, 0.29) is 31.0 Å². The first kappa shape index (κ1) is 29.9. The van der Waals surface area contributed by atoms with Crippen molar-refractivity contribution in [2.45, 2.75) is 49.1 Å². The van der Waals surface area contributed by atoms with Crippen LogP contribution in [0.3, 0.4) is 0 Å². The van der Waals surface area contributed by atoms with Gasteiger partial charge in [-0.2, -0.15) is 48.3 Å². The normalized spacial score (nSPS) is 17.4. The standard InChI is InChI=1S/C11H13F13NO2.HI/c1-3-25(2,4-5(26)27)11(23,24)9(18,19)7(14,15)6(12,13)8(16,17)10(20,21)22;/h5,26-27H,3-4H2,1-2H3;1H/q+1;/p-1. The average Bonchev–Trinajstić information content (AvgIpc) is 2.43. The summed E-state index contributed by atoms with van der Waals surface area (Å²) >= 11 is 0. The number of nitrogens with zero attached hydrogens (tertiary/aromatic N) is 1. The highest BCUT2D eigenvalue weighted by atomic mass is 127. The molecule has 1 unspecified atom stereocenters. The highest BCUT2D eigenvalue weighted by Gasteiger charge is 2.93. The van der Waals surface area contributed by atoms with Gasteiger partial charge in [-0.3, -0.25) is 4.48 Å². The van der Waals surface area contributed by atoms with Crippen molar-refractivity contribution in [3.05, 3.63) is 0 Å². The Labute approximate surface area is 165 Å². The highest BCUT2D eigenvalue weighted by molar-refractivity contribution is 5.08. The van der Waals surface area contributed by atoms with Crippen molar-refractivity contribution in [3.8, 4) is 0 Å². The maximum absolute atomic E-state index is 14.0. The fourth-order valence-corrected chi connectivity index (χ4v) is 1.90. The van der Waals surface area contributed by atoms with E-state index in [0.29, 0.717) is 6.92 Å². The summed E-state index contributed by atoms with van der Waals surface area (Å²) in [7, 11) is -0.0521. The van der Waals surface area contributed by atoms with E-state index in [0.717, 1.165) is 0 Å². The Bertz CT molecular complexity index is 537. The summed E-state index contributed by atoms with van der Waals surface area (Å²) in [6.45, 7) is -2.67. The third-order valence-electron chi connectivity index (χ3n) is 3.86. The SMILES string of the molecule is CC[N+](C)(CC(O)O)C(F)(F)C(F)(F)C(F)(F)C(F)(F)C(F)(F)C(F)(F)F.[I-]. The largest absolute Gasteiger partial charge is 1.00 e. The molecule has 0 amide bonds. The lowest BCUT2D eigenvalue weighted by molar-refractivity contribution is -1.01. The second kappa shape index (κ2) is 8.09. The monoisotopic (exact) mass is 565 g/mol. The molecule has 0 fully saturated rings. The number of rotatable bonds is 8. The molecule has 0 aromatic rings. The molecule has 0 saturated heterocycles. The second-order valence-electron chi connectivity index (χ2n) is 5.71. The van der Waals surface area contributed by atoms with Gasteiger partial charge in [-0.25, -0.2) is 0 Å². The lowest BCUT2D eigenvalue weighted by Gasteiger charge is -2.46. The van der Waals surface area contributed by atoms with Crippen LogP contribution in [0.25, 0.3) is 0 Å². The van der Waals surface area contributed by atoms with Gasteiger partial charge in [0, 0.05) is 0 Å². The fourth-order valence-electron chi connectivity index (χ4n) is 1.90. The molecular weight excluding hydrogens is 552 g/mol. The number of alkyl halides is 13. The molecule has 0 aliphatic rings. The van der Waals surface area contributed by atoms with Crippen LogP contribution in [0.2, 0.25) is 0 Å². The number of aliphatic hydroxyl groups excluding tert-OH is 1. The van der Waals surface area contributed by atoms with Crippen molar-refractivity contribution in [1.29, 1.82) is 0 Å². The van der Waals surface area contributed by atoms with Crippen LogP contribution in [-0.4, -0.2) is 77.0 Å². The van der Waals surface area contributed by atoms with Crippen molar-refractivity contribution >= 4 is 0 Å². The molecule has 0 aliphatic carbocycles. The first-order valence-corrected chi connectivity index (χ1v) is 6.64. The van der Waals surface area contributed by atoms with Crippen LogP contribution in [0.1, 0.15) is 6.92 Å². The minimum Gasteiger partial charge on any atom is -1.00 e. The number of aliphatic hydroxyl groups is 2. The molecule has 0 spiro atoms. The Morgan fingerprint density at radius 2 is 1.00 bits per heavy atom. The molecule has 0 radical (unpaired) electrons. The van der Waals surface area contributed by atoms with Crippen LogP contribution in [0.4, 0.5) is 57.1 Å². The summed E-state index contributed by atoms with van der Waals surface area (Å²) in [5, 5.41) is 17.2. The van der Waals surface area contributed by atoms with Gasteiger partial charge in [0.2, 0.25) is 6.29 Å². The van der Waals surface area contributed by atoms with Gasteiger partial charge in [0.15, 0.2) is 0 Å². The Morgan fingerprint density at radius 1 is 0.679 bits per heavy atom. The van der Waals surface area contributed by atoms with E-state index in [4.69, 9.17) is 10.2 Å². The summed E-state index contributed by atoms with van der Waals surface area (Å²) in [6, 6.07) is -6.43. The fraction of sp³-hybridized carbons (Fsp3) is 1.00. The van der Waals surface area contributed by atoms with Crippen molar-refractivity contribution in [2.24, 2.45) is 0 Å². The molecule has 172 valence electrons. The van der Waals surface area contributed by atoms with Gasteiger partial charge in [0.05, 0.1) is 13.6 Å². The minimum absolute atomic E-state index is 0. The summed E-state index contributed by atoms with van der Waals surface area (Å²) in [6.07, 6.45) is -10.3. The second-order valence-corrected chi connectivity index (χ2v) is 5.71. The van der Waals surface area contributed by atoms with E-state index in [2.05, 4.69) is 0 Å². The first-order chi connectivity index (χ1) is 11.5. The maximum Gasteiger partial charge on any atom is 0.461 e. The number of likely N-dealkylation sites (N-methyl/N-ethyl adjacent to an activating group) is 1. The third kappa shape index (κ3) is 4.12. The van der Waals surface area contributed by atoms with Crippen LogP contribution in [-0.2, 0) is 0 Å². The Morgan fingerprint density at radius 3 is 1.25 bits per heavy atom. The van der Waals surface area contributed by atoms with E-state index >= 15 is 0 Å². The van der Waals surface area contributed by atoms with Gasteiger partial charge in [0.1, 0.15) is 6.54 Å². The van der Waals surface area contributed by atoms with Gasteiger partial charge in [-0.15, -0.1) is 8.78 Å². The zero-order valence-corrected chi connectivity index (χ0v) is 15.8. The Balaban J connectivity index is 0. The molecule has 2 N–H and O–H groups in total. The summed E-state index contributed by atoms with van der Waals surface area (Å²) in [5.41, 5.74) is 0. The molecule has 0 aromatic heterocycles. The van der Waals surface area contributed by atoms with E-state index in [1.54, 1.807) is 0 Å². The van der Waals surface area contributed by atoms with Crippen molar-refractivity contribution in [1.82, 2.24) is 0 Å². The quantitative estimate of drug-likeness (QED) is 0.148. The molecule has 28 heavy (non-hydrogen) atoms. The predicted molar refractivity (Wildman–Crippen MR) is 60.6 cm³/mol. The smallest absolute Gasteiger partial charge is 0.461 e. The lowest BCUT2D eigenvalue weighted by atomic mass is 9.95. The summed E-state index contributed by atoms with van der Waals surface area (Å²) < 4.78 is 167. The van der Waals surface area contributed by atoms with Crippen LogP contribution in [0.15, 0.2) is 0 Å². The molecule has 17 heteroatoms. The summed E-state index contributed by atoms with van der Waals surface area (Å²) in [4.78, 5) is 0. The number of halogens is 14. The molecule has 0 saturated carbocycles. The van der Waals surface area contributed by atoms with Crippen LogP contribution < -0.4 is 24.0 Å². The van der Waals surface area contributed by atoms with E-state index in [9.17, 15) is 57.1 Å². The van der Waals surface area contributed by atoms with Crippen LogP contribution >= 0.6 is 0 Å². The van der Waals surface area contributed by atoms with Crippen molar-refractivity contribution < 1.29 is 95.7 Å². The zero-order valence-electron chi connectivity index (χ0n) is 13.6.